The maximum Gasteiger partial charge on any atom is 0.405 e. The number of benzene rings is 1. The van der Waals surface area contributed by atoms with Gasteiger partial charge in [-0.05, 0) is 17.7 Å². The average molecular weight is 400 g/mol. The van der Waals surface area contributed by atoms with Crippen LogP contribution in [0.5, 0.6) is 5.75 Å². The largest absolute Gasteiger partial charge is 0.494 e. The zero-order chi connectivity index (χ0) is 18.4. The first-order valence-electron chi connectivity index (χ1n) is 7.92. The van der Waals surface area contributed by atoms with E-state index >= 15 is 0 Å². The number of hydrogen-bond donors (Lipinski definition) is 2. The summed E-state index contributed by atoms with van der Waals surface area (Å²) in [5, 5.41) is 5.30. The second-order valence-electron chi connectivity index (χ2n) is 5.79. The number of ether oxygens (including phenoxy) is 1. The SMILES string of the molecule is COc1ccc(CC(=O)NCC(N2CCNCC2)C(F)(F)F)cc1F.Cl. The maximum absolute atomic E-state index is 13.6. The van der Waals surface area contributed by atoms with Gasteiger partial charge in [-0.1, -0.05) is 6.07 Å². The third-order valence-corrected chi connectivity index (χ3v) is 4.04. The van der Waals surface area contributed by atoms with Gasteiger partial charge in [-0.2, -0.15) is 13.2 Å². The first-order valence-corrected chi connectivity index (χ1v) is 7.92. The van der Waals surface area contributed by atoms with Gasteiger partial charge < -0.3 is 15.4 Å². The third kappa shape index (κ3) is 6.30. The van der Waals surface area contributed by atoms with Crippen molar-refractivity contribution in [2.75, 3.05) is 39.8 Å². The van der Waals surface area contributed by atoms with Crippen LogP contribution in [-0.4, -0.2) is 62.9 Å². The number of nitrogens with zero attached hydrogens (tertiary/aromatic N) is 1. The quantitative estimate of drug-likeness (QED) is 0.716. The Balaban J connectivity index is 0.00000338. The molecule has 1 unspecified atom stereocenters. The van der Waals surface area contributed by atoms with Crippen molar-refractivity contribution < 1.29 is 27.1 Å². The van der Waals surface area contributed by atoms with Crippen LogP contribution in [-0.2, 0) is 11.2 Å². The Morgan fingerprint density at radius 1 is 1.35 bits per heavy atom. The van der Waals surface area contributed by atoms with Crippen molar-refractivity contribution in [2.24, 2.45) is 0 Å². The standard InChI is InChI=1S/C16H21F4N3O2.ClH/c1-25-13-3-2-11(8-12(13)17)9-15(24)22-10-14(16(18,19)20)23-6-4-21-5-7-23;/h2-3,8,14,21H,4-7,9-10H2,1H3,(H,22,24);1H. The monoisotopic (exact) mass is 399 g/mol. The Kier molecular flexibility index (Phi) is 8.58. The summed E-state index contributed by atoms with van der Waals surface area (Å²) in [5.74, 6) is -1.17. The predicted octanol–water partition coefficient (Wildman–Crippen LogP) is 1.75. The summed E-state index contributed by atoms with van der Waals surface area (Å²) in [6.45, 7) is 0.964. The molecule has 1 aliphatic heterocycles. The highest BCUT2D eigenvalue weighted by Crippen LogP contribution is 2.25. The average Bonchev–Trinajstić information content (AvgIpc) is 2.55. The number of piperazine rings is 1. The molecule has 1 aromatic carbocycles. The Labute approximate surface area is 155 Å². The van der Waals surface area contributed by atoms with Crippen LogP contribution in [0, 0.1) is 5.82 Å². The van der Waals surface area contributed by atoms with E-state index in [1.807, 2.05) is 0 Å². The fraction of sp³-hybridized carbons (Fsp3) is 0.562. The van der Waals surface area contributed by atoms with Crippen molar-refractivity contribution in [1.82, 2.24) is 15.5 Å². The number of halogens is 5. The molecule has 148 valence electrons. The number of nitrogens with one attached hydrogen (secondary N) is 2. The Morgan fingerprint density at radius 3 is 2.54 bits per heavy atom. The molecule has 1 aromatic rings. The van der Waals surface area contributed by atoms with Gasteiger partial charge in [0, 0.05) is 32.7 Å². The van der Waals surface area contributed by atoms with Crippen LogP contribution in [0.2, 0.25) is 0 Å². The molecule has 0 aromatic heterocycles. The summed E-state index contributed by atoms with van der Waals surface area (Å²) < 4.78 is 58.1. The van der Waals surface area contributed by atoms with Gasteiger partial charge in [0.2, 0.25) is 5.91 Å². The van der Waals surface area contributed by atoms with Gasteiger partial charge in [0.05, 0.1) is 13.5 Å². The lowest BCUT2D eigenvalue weighted by atomic mass is 10.1. The lowest BCUT2D eigenvalue weighted by Gasteiger charge is -2.35. The highest BCUT2D eigenvalue weighted by atomic mass is 35.5. The molecule has 0 spiro atoms. The summed E-state index contributed by atoms with van der Waals surface area (Å²) >= 11 is 0. The van der Waals surface area contributed by atoms with E-state index in [9.17, 15) is 22.4 Å². The highest BCUT2D eigenvalue weighted by Gasteiger charge is 2.43. The first kappa shape index (κ1) is 22.5. The number of hydrogen-bond acceptors (Lipinski definition) is 4. The number of methoxy groups -OCH3 is 1. The van der Waals surface area contributed by atoms with E-state index in [-0.39, 0.29) is 37.7 Å². The van der Waals surface area contributed by atoms with Crippen molar-refractivity contribution in [3.63, 3.8) is 0 Å². The molecule has 5 nitrogen and oxygen atoms in total. The molecule has 0 aliphatic carbocycles. The van der Waals surface area contributed by atoms with Gasteiger partial charge in [0.15, 0.2) is 11.6 Å². The maximum atomic E-state index is 13.6. The van der Waals surface area contributed by atoms with Crippen LogP contribution >= 0.6 is 12.4 Å². The molecule has 26 heavy (non-hydrogen) atoms. The van der Waals surface area contributed by atoms with Gasteiger partial charge in [-0.15, -0.1) is 12.4 Å². The fourth-order valence-electron chi connectivity index (χ4n) is 2.72. The van der Waals surface area contributed by atoms with E-state index < -0.39 is 30.5 Å². The van der Waals surface area contributed by atoms with Crippen LogP contribution in [0.1, 0.15) is 5.56 Å². The minimum atomic E-state index is -4.43. The van der Waals surface area contributed by atoms with E-state index in [4.69, 9.17) is 4.74 Å². The van der Waals surface area contributed by atoms with Crippen molar-refractivity contribution in [2.45, 2.75) is 18.6 Å². The summed E-state index contributed by atoms with van der Waals surface area (Å²) in [6, 6.07) is 2.28. The Bertz CT molecular complexity index is 595. The number of rotatable bonds is 6. The van der Waals surface area contributed by atoms with Gasteiger partial charge >= 0.3 is 6.18 Å². The van der Waals surface area contributed by atoms with Gasteiger partial charge in [-0.25, -0.2) is 4.39 Å². The molecule has 0 saturated carbocycles. The van der Waals surface area contributed by atoms with Crippen LogP contribution in [0.4, 0.5) is 17.6 Å². The minimum Gasteiger partial charge on any atom is -0.494 e. The van der Waals surface area contributed by atoms with Crippen molar-refractivity contribution in [3.05, 3.63) is 29.6 Å². The van der Waals surface area contributed by atoms with Crippen LogP contribution in [0.25, 0.3) is 0 Å². The molecule has 1 heterocycles. The van der Waals surface area contributed by atoms with Gasteiger partial charge in [0.1, 0.15) is 6.04 Å². The normalized spacial score (nSPS) is 16.5. The zero-order valence-corrected chi connectivity index (χ0v) is 15.1. The number of amides is 1. The van der Waals surface area contributed by atoms with Crippen LogP contribution in [0.3, 0.4) is 0 Å². The molecular formula is C16H22ClF4N3O2. The lowest BCUT2D eigenvalue weighted by Crippen LogP contribution is -2.57. The second-order valence-corrected chi connectivity index (χ2v) is 5.79. The minimum absolute atomic E-state index is 0. The molecule has 1 atom stereocenters. The third-order valence-electron chi connectivity index (χ3n) is 4.04. The molecular weight excluding hydrogens is 378 g/mol. The molecule has 1 fully saturated rings. The van der Waals surface area contributed by atoms with E-state index in [0.29, 0.717) is 18.7 Å². The van der Waals surface area contributed by atoms with E-state index in [2.05, 4.69) is 10.6 Å². The van der Waals surface area contributed by atoms with Crippen LogP contribution in [0.15, 0.2) is 18.2 Å². The fourth-order valence-corrected chi connectivity index (χ4v) is 2.72. The van der Waals surface area contributed by atoms with E-state index in [1.54, 1.807) is 0 Å². The molecule has 1 amide bonds. The first-order chi connectivity index (χ1) is 11.8. The van der Waals surface area contributed by atoms with Gasteiger partial charge in [-0.3, -0.25) is 9.69 Å². The highest BCUT2D eigenvalue weighted by molar-refractivity contribution is 5.85. The van der Waals surface area contributed by atoms with Crippen LogP contribution < -0.4 is 15.4 Å². The summed E-state index contributed by atoms with van der Waals surface area (Å²) in [7, 11) is 1.32. The molecule has 1 aliphatic rings. The Hall–Kier alpha value is -1.58. The predicted molar refractivity (Wildman–Crippen MR) is 91.2 cm³/mol. The van der Waals surface area contributed by atoms with Crippen molar-refractivity contribution in [3.8, 4) is 5.75 Å². The number of carbonyl (C=O) groups is 1. The lowest BCUT2D eigenvalue weighted by molar-refractivity contribution is -0.184. The molecule has 0 bridgehead atoms. The smallest absolute Gasteiger partial charge is 0.405 e. The number of carbonyl (C=O) groups excluding carboxylic acids is 1. The number of alkyl halides is 3. The molecule has 0 radical (unpaired) electrons. The molecule has 2 N–H and O–H groups in total. The molecule has 1 saturated heterocycles. The molecule has 2 rings (SSSR count). The van der Waals surface area contributed by atoms with Crippen molar-refractivity contribution >= 4 is 18.3 Å². The topological polar surface area (TPSA) is 53.6 Å². The van der Waals surface area contributed by atoms with E-state index in [0.717, 1.165) is 6.07 Å². The summed E-state index contributed by atoms with van der Waals surface area (Å²) in [4.78, 5) is 13.2. The van der Waals surface area contributed by atoms with Gasteiger partial charge in [0.25, 0.3) is 0 Å². The molecule has 10 heteroatoms. The summed E-state index contributed by atoms with van der Waals surface area (Å²) in [5.41, 5.74) is 0.363. The zero-order valence-electron chi connectivity index (χ0n) is 14.2. The van der Waals surface area contributed by atoms with Crippen molar-refractivity contribution in [1.29, 1.82) is 0 Å². The second kappa shape index (κ2) is 9.94. The summed E-state index contributed by atoms with van der Waals surface area (Å²) in [6.07, 6.45) is -4.64. The Morgan fingerprint density at radius 2 is 2.00 bits per heavy atom. The van der Waals surface area contributed by atoms with E-state index in [1.165, 1.54) is 24.1 Å².